The second kappa shape index (κ2) is 9.65. The van der Waals surface area contributed by atoms with Gasteiger partial charge >= 0.3 is 0 Å². The zero-order valence-corrected chi connectivity index (χ0v) is 16.8. The van der Waals surface area contributed by atoms with Crippen molar-refractivity contribution in [2.24, 2.45) is 0 Å². The van der Waals surface area contributed by atoms with Crippen LogP contribution >= 0.6 is 0 Å². The van der Waals surface area contributed by atoms with E-state index in [-0.39, 0.29) is 5.91 Å². The standard InChI is InChI=1S/C23H29N5O/c29-22(25-20-10-4-5-11-20)21-12-13-24-23(26-21)28-17-15-27(16-18-28)14-6-9-19-7-2-1-3-8-19/h1-3,6-9,12-13,20H,4-5,10-11,14-18H2,(H,25,29)/b9-6+. The third kappa shape index (κ3) is 5.41. The van der Waals surface area contributed by atoms with Crippen LogP contribution in [0.4, 0.5) is 5.95 Å². The van der Waals surface area contributed by atoms with Gasteiger partial charge in [0.1, 0.15) is 5.69 Å². The number of nitrogens with one attached hydrogen (secondary N) is 1. The van der Waals surface area contributed by atoms with E-state index in [4.69, 9.17) is 0 Å². The highest BCUT2D eigenvalue weighted by Gasteiger charge is 2.21. The van der Waals surface area contributed by atoms with Crippen molar-refractivity contribution in [1.29, 1.82) is 0 Å². The van der Waals surface area contributed by atoms with Crippen molar-refractivity contribution in [2.75, 3.05) is 37.6 Å². The van der Waals surface area contributed by atoms with Gasteiger partial charge in [-0.05, 0) is 24.5 Å². The number of benzene rings is 1. The molecular weight excluding hydrogens is 362 g/mol. The first-order chi connectivity index (χ1) is 14.3. The lowest BCUT2D eigenvalue weighted by atomic mass is 10.2. The molecule has 2 aromatic rings. The molecular formula is C23H29N5O. The topological polar surface area (TPSA) is 61.4 Å². The number of rotatable bonds is 6. The summed E-state index contributed by atoms with van der Waals surface area (Å²) in [5.41, 5.74) is 1.70. The first-order valence-electron chi connectivity index (χ1n) is 10.6. The van der Waals surface area contributed by atoms with E-state index in [0.717, 1.165) is 45.6 Å². The van der Waals surface area contributed by atoms with Crippen molar-refractivity contribution in [3.05, 3.63) is 59.9 Å². The summed E-state index contributed by atoms with van der Waals surface area (Å²) in [4.78, 5) is 26.0. The van der Waals surface area contributed by atoms with Gasteiger partial charge in [-0.3, -0.25) is 9.69 Å². The van der Waals surface area contributed by atoms with E-state index >= 15 is 0 Å². The van der Waals surface area contributed by atoms with Crippen molar-refractivity contribution >= 4 is 17.9 Å². The van der Waals surface area contributed by atoms with Crippen LogP contribution < -0.4 is 10.2 Å². The Morgan fingerprint density at radius 2 is 1.83 bits per heavy atom. The van der Waals surface area contributed by atoms with Gasteiger partial charge in [0, 0.05) is 45.0 Å². The van der Waals surface area contributed by atoms with Gasteiger partial charge < -0.3 is 10.2 Å². The molecule has 4 rings (SSSR count). The molecule has 152 valence electrons. The van der Waals surface area contributed by atoms with Gasteiger partial charge in [-0.2, -0.15) is 0 Å². The number of hydrogen-bond acceptors (Lipinski definition) is 5. The minimum atomic E-state index is -0.0785. The lowest BCUT2D eigenvalue weighted by Crippen LogP contribution is -2.47. The van der Waals surface area contributed by atoms with Crippen molar-refractivity contribution in [2.45, 2.75) is 31.7 Å². The zero-order chi connectivity index (χ0) is 19.9. The summed E-state index contributed by atoms with van der Waals surface area (Å²) >= 11 is 0. The molecule has 1 amide bonds. The van der Waals surface area contributed by atoms with Gasteiger partial charge in [-0.15, -0.1) is 0 Å². The highest BCUT2D eigenvalue weighted by atomic mass is 16.1. The number of carbonyl (C=O) groups excluding carboxylic acids is 1. The number of carbonyl (C=O) groups is 1. The molecule has 2 fully saturated rings. The summed E-state index contributed by atoms with van der Waals surface area (Å²) in [6, 6.07) is 12.4. The highest BCUT2D eigenvalue weighted by Crippen LogP contribution is 2.18. The Labute approximate surface area is 172 Å². The van der Waals surface area contributed by atoms with Gasteiger partial charge in [-0.1, -0.05) is 55.3 Å². The average molecular weight is 392 g/mol. The Bertz CT molecular complexity index is 824. The fraction of sp³-hybridized carbons (Fsp3) is 0.435. The van der Waals surface area contributed by atoms with Crippen molar-refractivity contribution < 1.29 is 4.79 Å². The predicted octanol–water partition coefficient (Wildman–Crippen LogP) is 2.98. The molecule has 1 saturated heterocycles. The normalized spacial score (nSPS) is 18.4. The van der Waals surface area contributed by atoms with Gasteiger partial charge in [0.15, 0.2) is 0 Å². The fourth-order valence-electron chi connectivity index (χ4n) is 3.99. The molecule has 0 unspecified atom stereocenters. The third-order valence-electron chi connectivity index (χ3n) is 5.69. The predicted molar refractivity (Wildman–Crippen MR) is 116 cm³/mol. The molecule has 2 heterocycles. The molecule has 6 nitrogen and oxygen atoms in total. The maximum absolute atomic E-state index is 12.5. The maximum atomic E-state index is 12.5. The molecule has 1 aliphatic heterocycles. The zero-order valence-electron chi connectivity index (χ0n) is 16.8. The number of anilines is 1. The van der Waals surface area contributed by atoms with Crippen LogP contribution in [0.3, 0.4) is 0 Å². The van der Waals surface area contributed by atoms with Crippen LogP contribution in [0.2, 0.25) is 0 Å². The van der Waals surface area contributed by atoms with Crippen LogP contribution in [0.5, 0.6) is 0 Å². The van der Waals surface area contributed by atoms with E-state index in [9.17, 15) is 4.79 Å². The van der Waals surface area contributed by atoms with Crippen LogP contribution in [0.25, 0.3) is 6.08 Å². The molecule has 0 bridgehead atoms. The summed E-state index contributed by atoms with van der Waals surface area (Å²) in [5.74, 6) is 0.578. The van der Waals surface area contributed by atoms with Crippen LogP contribution in [0, 0.1) is 0 Å². The Kier molecular flexibility index (Phi) is 6.52. The fourth-order valence-corrected chi connectivity index (χ4v) is 3.99. The SMILES string of the molecule is O=C(NC1CCCC1)c1ccnc(N2CCN(C/C=C/c3ccccc3)CC2)n1. The maximum Gasteiger partial charge on any atom is 0.270 e. The Morgan fingerprint density at radius 1 is 1.07 bits per heavy atom. The summed E-state index contributed by atoms with van der Waals surface area (Å²) < 4.78 is 0. The number of nitrogens with zero attached hydrogens (tertiary/aromatic N) is 4. The smallest absolute Gasteiger partial charge is 0.270 e. The molecule has 1 N–H and O–H groups in total. The van der Waals surface area contributed by atoms with E-state index in [2.05, 4.69) is 61.5 Å². The molecule has 0 radical (unpaired) electrons. The van der Waals surface area contributed by atoms with Crippen molar-refractivity contribution in [1.82, 2.24) is 20.2 Å². The summed E-state index contributed by atoms with van der Waals surface area (Å²) in [5, 5.41) is 3.11. The Hall–Kier alpha value is -2.73. The minimum Gasteiger partial charge on any atom is -0.348 e. The van der Waals surface area contributed by atoms with Gasteiger partial charge in [0.25, 0.3) is 5.91 Å². The average Bonchev–Trinajstić information content (AvgIpc) is 3.28. The minimum absolute atomic E-state index is 0.0785. The first-order valence-corrected chi connectivity index (χ1v) is 10.6. The lowest BCUT2D eigenvalue weighted by molar-refractivity contribution is 0.0932. The van der Waals surface area contributed by atoms with E-state index < -0.39 is 0 Å². The quantitative estimate of drug-likeness (QED) is 0.820. The molecule has 0 atom stereocenters. The molecule has 29 heavy (non-hydrogen) atoms. The lowest BCUT2D eigenvalue weighted by Gasteiger charge is -2.34. The van der Waals surface area contributed by atoms with E-state index in [1.807, 2.05) is 6.07 Å². The summed E-state index contributed by atoms with van der Waals surface area (Å²) in [6.45, 7) is 4.59. The molecule has 1 saturated carbocycles. The van der Waals surface area contributed by atoms with Crippen LogP contribution in [-0.2, 0) is 0 Å². The van der Waals surface area contributed by atoms with Crippen LogP contribution in [0.1, 0.15) is 41.7 Å². The number of aromatic nitrogens is 2. The van der Waals surface area contributed by atoms with E-state index in [1.54, 1.807) is 12.3 Å². The molecule has 1 aromatic carbocycles. The monoisotopic (exact) mass is 391 g/mol. The first kappa shape index (κ1) is 19.6. The highest BCUT2D eigenvalue weighted by molar-refractivity contribution is 5.92. The Morgan fingerprint density at radius 3 is 2.59 bits per heavy atom. The summed E-state index contributed by atoms with van der Waals surface area (Å²) in [7, 11) is 0. The van der Waals surface area contributed by atoms with E-state index in [1.165, 1.54) is 18.4 Å². The number of hydrogen-bond donors (Lipinski definition) is 1. The van der Waals surface area contributed by atoms with Gasteiger partial charge in [0.05, 0.1) is 0 Å². The molecule has 2 aliphatic rings. The number of amides is 1. The Balaban J connectivity index is 1.28. The van der Waals surface area contributed by atoms with Crippen molar-refractivity contribution in [3.8, 4) is 0 Å². The second-order valence-electron chi connectivity index (χ2n) is 7.80. The van der Waals surface area contributed by atoms with Gasteiger partial charge in [-0.25, -0.2) is 9.97 Å². The molecule has 0 spiro atoms. The molecule has 6 heteroatoms. The summed E-state index contributed by atoms with van der Waals surface area (Å²) in [6.07, 6.45) is 10.6. The number of piperazine rings is 1. The van der Waals surface area contributed by atoms with E-state index in [0.29, 0.717) is 17.7 Å². The molecule has 1 aliphatic carbocycles. The molecule has 1 aromatic heterocycles. The second-order valence-corrected chi connectivity index (χ2v) is 7.80. The van der Waals surface area contributed by atoms with Crippen molar-refractivity contribution in [3.63, 3.8) is 0 Å². The van der Waals surface area contributed by atoms with Gasteiger partial charge in [0.2, 0.25) is 5.95 Å². The third-order valence-corrected chi connectivity index (χ3v) is 5.69. The van der Waals surface area contributed by atoms with Crippen LogP contribution in [0.15, 0.2) is 48.7 Å². The largest absolute Gasteiger partial charge is 0.348 e. The van der Waals surface area contributed by atoms with Crippen LogP contribution in [-0.4, -0.2) is 59.5 Å².